The lowest BCUT2D eigenvalue weighted by Gasteiger charge is -2.05. The number of rotatable bonds is 1. The molecule has 4 heteroatoms. The Kier molecular flexibility index (Phi) is 2.57. The van der Waals surface area contributed by atoms with Crippen molar-refractivity contribution in [2.24, 2.45) is 0 Å². The molecule has 100 valence electrons. The monoisotopic (exact) mass is 283 g/mol. The number of aryl methyl sites for hydroxylation is 2. The summed E-state index contributed by atoms with van der Waals surface area (Å²) in [7, 11) is 0. The van der Waals surface area contributed by atoms with Crippen LogP contribution >= 0.6 is 11.6 Å². The van der Waals surface area contributed by atoms with E-state index in [9.17, 15) is 0 Å². The highest BCUT2D eigenvalue weighted by Gasteiger charge is 2.19. The predicted octanol–water partition coefficient (Wildman–Crippen LogP) is 3.85. The lowest BCUT2D eigenvalue weighted by Crippen LogP contribution is -2.02. The Balaban J connectivity index is 1.93. The Bertz CT molecular complexity index is 803. The van der Waals surface area contributed by atoms with Crippen LogP contribution in [0.15, 0.2) is 30.3 Å². The average molecular weight is 284 g/mol. The second-order valence-corrected chi connectivity index (χ2v) is 5.72. The van der Waals surface area contributed by atoms with Crippen molar-refractivity contribution in [3.8, 4) is 11.3 Å². The summed E-state index contributed by atoms with van der Waals surface area (Å²) in [6, 6.07) is 9.83. The standard InChI is InChI=1S/C16H14ClN3/c1-10-13-3-2-4-15(13)20-16(18-10)9-14(19-20)11-5-7-12(17)8-6-11/h5-9H,2-4H2,1H3. The third-order valence-electron chi connectivity index (χ3n) is 3.99. The maximum atomic E-state index is 5.94. The van der Waals surface area contributed by atoms with E-state index in [0.717, 1.165) is 40.5 Å². The van der Waals surface area contributed by atoms with Gasteiger partial charge in [-0.15, -0.1) is 0 Å². The summed E-state index contributed by atoms with van der Waals surface area (Å²) in [5, 5.41) is 5.48. The number of benzene rings is 1. The molecule has 3 nitrogen and oxygen atoms in total. The quantitative estimate of drug-likeness (QED) is 0.679. The lowest BCUT2D eigenvalue weighted by molar-refractivity contribution is 0.837. The molecule has 20 heavy (non-hydrogen) atoms. The molecule has 0 fully saturated rings. The zero-order chi connectivity index (χ0) is 13.7. The summed E-state index contributed by atoms with van der Waals surface area (Å²) in [5.74, 6) is 0. The molecule has 0 saturated heterocycles. The van der Waals surface area contributed by atoms with E-state index in [1.165, 1.54) is 17.7 Å². The van der Waals surface area contributed by atoms with E-state index in [1.54, 1.807) is 0 Å². The van der Waals surface area contributed by atoms with Gasteiger partial charge in [0.1, 0.15) is 0 Å². The Morgan fingerprint density at radius 2 is 1.95 bits per heavy atom. The third-order valence-corrected chi connectivity index (χ3v) is 4.25. The van der Waals surface area contributed by atoms with Crippen LogP contribution in [0.25, 0.3) is 16.9 Å². The van der Waals surface area contributed by atoms with Gasteiger partial charge in [-0.25, -0.2) is 9.50 Å². The molecule has 0 aliphatic heterocycles. The van der Waals surface area contributed by atoms with Crippen molar-refractivity contribution in [1.29, 1.82) is 0 Å². The molecule has 4 rings (SSSR count). The maximum Gasteiger partial charge on any atom is 0.156 e. The summed E-state index contributed by atoms with van der Waals surface area (Å²) in [6.07, 6.45) is 3.42. The zero-order valence-corrected chi connectivity index (χ0v) is 12.0. The molecule has 0 saturated carbocycles. The molecule has 2 aromatic heterocycles. The van der Waals surface area contributed by atoms with Gasteiger partial charge in [0.15, 0.2) is 5.65 Å². The molecular formula is C16H14ClN3. The van der Waals surface area contributed by atoms with E-state index in [4.69, 9.17) is 16.7 Å². The van der Waals surface area contributed by atoms with Crippen LogP contribution in [0.3, 0.4) is 0 Å². The highest BCUT2D eigenvalue weighted by Crippen LogP contribution is 2.27. The van der Waals surface area contributed by atoms with E-state index in [0.29, 0.717) is 0 Å². The molecule has 0 unspecified atom stereocenters. The van der Waals surface area contributed by atoms with Crippen molar-refractivity contribution in [1.82, 2.24) is 14.6 Å². The van der Waals surface area contributed by atoms with Crippen molar-refractivity contribution in [3.63, 3.8) is 0 Å². The van der Waals surface area contributed by atoms with Gasteiger partial charge in [-0.05, 0) is 43.9 Å². The highest BCUT2D eigenvalue weighted by atomic mass is 35.5. The summed E-state index contributed by atoms with van der Waals surface area (Å²) < 4.78 is 2.01. The fourth-order valence-electron chi connectivity index (χ4n) is 3.00. The van der Waals surface area contributed by atoms with Crippen LogP contribution in [0, 0.1) is 6.92 Å². The molecule has 1 aromatic carbocycles. The normalized spacial score (nSPS) is 13.9. The smallest absolute Gasteiger partial charge is 0.156 e. The first-order valence-corrected chi connectivity index (χ1v) is 7.24. The van der Waals surface area contributed by atoms with E-state index in [2.05, 4.69) is 18.0 Å². The van der Waals surface area contributed by atoms with Crippen LogP contribution in [-0.2, 0) is 12.8 Å². The highest BCUT2D eigenvalue weighted by molar-refractivity contribution is 6.30. The van der Waals surface area contributed by atoms with Gasteiger partial charge in [-0.3, -0.25) is 0 Å². The van der Waals surface area contributed by atoms with Crippen LogP contribution in [-0.4, -0.2) is 14.6 Å². The minimum absolute atomic E-state index is 0.743. The summed E-state index contributed by atoms with van der Waals surface area (Å²) in [5.41, 5.74) is 6.81. The van der Waals surface area contributed by atoms with Gasteiger partial charge in [-0.1, -0.05) is 23.7 Å². The van der Waals surface area contributed by atoms with Gasteiger partial charge in [0.25, 0.3) is 0 Å². The second-order valence-electron chi connectivity index (χ2n) is 5.28. The van der Waals surface area contributed by atoms with E-state index >= 15 is 0 Å². The van der Waals surface area contributed by atoms with Crippen LogP contribution in [0.1, 0.15) is 23.4 Å². The number of aromatic nitrogens is 3. The van der Waals surface area contributed by atoms with E-state index < -0.39 is 0 Å². The molecule has 0 bridgehead atoms. The summed E-state index contributed by atoms with van der Waals surface area (Å²) >= 11 is 5.94. The summed E-state index contributed by atoms with van der Waals surface area (Å²) in [4.78, 5) is 4.69. The minimum atomic E-state index is 0.743. The molecule has 0 spiro atoms. The first-order valence-electron chi connectivity index (χ1n) is 6.86. The molecule has 0 radical (unpaired) electrons. The topological polar surface area (TPSA) is 30.2 Å². The van der Waals surface area contributed by atoms with Crippen molar-refractivity contribution < 1.29 is 0 Å². The van der Waals surface area contributed by atoms with Crippen LogP contribution in [0.4, 0.5) is 0 Å². The Morgan fingerprint density at radius 3 is 2.75 bits per heavy atom. The van der Waals surface area contributed by atoms with Gasteiger partial charge >= 0.3 is 0 Å². The van der Waals surface area contributed by atoms with Gasteiger partial charge < -0.3 is 0 Å². The average Bonchev–Trinajstić information content (AvgIpc) is 3.05. The zero-order valence-electron chi connectivity index (χ0n) is 11.2. The van der Waals surface area contributed by atoms with E-state index in [-0.39, 0.29) is 0 Å². The van der Waals surface area contributed by atoms with Gasteiger partial charge in [0, 0.05) is 28.0 Å². The Morgan fingerprint density at radius 1 is 1.15 bits per heavy atom. The SMILES string of the molecule is Cc1nc2cc(-c3ccc(Cl)cc3)nn2c2c1CCC2. The van der Waals surface area contributed by atoms with Gasteiger partial charge in [0.2, 0.25) is 0 Å². The fraction of sp³-hybridized carbons (Fsp3) is 0.250. The molecule has 1 aliphatic carbocycles. The second kappa shape index (κ2) is 4.32. The lowest BCUT2D eigenvalue weighted by atomic mass is 10.1. The Hall–Kier alpha value is -1.87. The van der Waals surface area contributed by atoms with Crippen molar-refractivity contribution >= 4 is 17.2 Å². The largest absolute Gasteiger partial charge is 0.234 e. The van der Waals surface area contributed by atoms with Gasteiger partial charge in [0.05, 0.1) is 5.69 Å². The molecule has 0 atom stereocenters. The maximum absolute atomic E-state index is 5.94. The molecule has 1 aliphatic rings. The van der Waals surface area contributed by atoms with Crippen LogP contribution in [0.2, 0.25) is 5.02 Å². The summed E-state index contributed by atoms with van der Waals surface area (Å²) in [6.45, 7) is 2.10. The molecule has 2 heterocycles. The van der Waals surface area contributed by atoms with Crippen molar-refractivity contribution in [2.45, 2.75) is 26.2 Å². The number of hydrogen-bond donors (Lipinski definition) is 0. The number of halogens is 1. The van der Waals surface area contributed by atoms with Crippen LogP contribution in [0.5, 0.6) is 0 Å². The number of fused-ring (bicyclic) bond motifs is 3. The van der Waals surface area contributed by atoms with Gasteiger partial charge in [-0.2, -0.15) is 5.10 Å². The predicted molar refractivity (Wildman–Crippen MR) is 80.2 cm³/mol. The third kappa shape index (κ3) is 1.74. The minimum Gasteiger partial charge on any atom is -0.234 e. The van der Waals surface area contributed by atoms with Crippen molar-refractivity contribution in [2.75, 3.05) is 0 Å². The fourth-order valence-corrected chi connectivity index (χ4v) is 3.13. The number of hydrogen-bond acceptors (Lipinski definition) is 2. The Labute approximate surface area is 122 Å². The molecular weight excluding hydrogens is 270 g/mol. The first kappa shape index (κ1) is 11.9. The molecule has 0 N–H and O–H groups in total. The first-order chi connectivity index (χ1) is 9.72. The molecule has 0 amide bonds. The number of nitrogens with zero attached hydrogens (tertiary/aromatic N) is 3. The van der Waals surface area contributed by atoms with E-state index in [1.807, 2.05) is 28.8 Å². The van der Waals surface area contributed by atoms with Crippen molar-refractivity contribution in [3.05, 3.63) is 52.3 Å². The molecule has 3 aromatic rings. The van der Waals surface area contributed by atoms with Crippen LogP contribution < -0.4 is 0 Å².